The molecule has 2 unspecified atom stereocenters. The van der Waals surface area contributed by atoms with Gasteiger partial charge in [-0.05, 0) is 73.9 Å². The maximum atomic E-state index is 13.0. The fraction of sp³-hybridized carbons (Fsp3) is 0.375. The van der Waals surface area contributed by atoms with Gasteiger partial charge >= 0.3 is 6.03 Å². The van der Waals surface area contributed by atoms with Crippen LogP contribution in [-0.2, 0) is 28.0 Å². The minimum atomic E-state index is -1.23. The molecule has 0 spiro atoms. The highest BCUT2D eigenvalue weighted by molar-refractivity contribution is 6.30. The molecular weight excluding hydrogens is 414 g/mol. The molecule has 2 atom stereocenters. The molecule has 4 rings (SSSR count). The van der Waals surface area contributed by atoms with Gasteiger partial charge in [0, 0.05) is 5.02 Å². The molecule has 1 saturated heterocycles. The van der Waals surface area contributed by atoms with E-state index in [1.807, 2.05) is 13.0 Å². The van der Waals surface area contributed by atoms with Gasteiger partial charge in [-0.15, -0.1) is 0 Å². The van der Waals surface area contributed by atoms with Gasteiger partial charge in [0.2, 0.25) is 5.91 Å². The number of nitrogens with zero attached hydrogens (tertiary/aromatic N) is 1. The Labute approximate surface area is 187 Å². The van der Waals surface area contributed by atoms with Crippen molar-refractivity contribution in [2.75, 3.05) is 6.54 Å². The summed E-state index contributed by atoms with van der Waals surface area (Å²) in [5, 5.41) is 6.16. The van der Waals surface area contributed by atoms with E-state index >= 15 is 0 Å². The molecule has 1 fully saturated rings. The number of benzene rings is 2. The molecule has 0 saturated carbocycles. The summed E-state index contributed by atoms with van der Waals surface area (Å²) in [6.07, 6.45) is 4.58. The lowest BCUT2D eigenvalue weighted by Crippen LogP contribution is -2.43. The second kappa shape index (κ2) is 8.35. The number of nitrogens with one attached hydrogen (secondary N) is 2. The van der Waals surface area contributed by atoms with E-state index in [-0.39, 0.29) is 18.5 Å². The molecule has 2 aliphatic rings. The number of urea groups is 1. The van der Waals surface area contributed by atoms with Crippen molar-refractivity contribution in [3.8, 4) is 0 Å². The van der Waals surface area contributed by atoms with Gasteiger partial charge < -0.3 is 10.6 Å². The first-order valence-corrected chi connectivity index (χ1v) is 11.0. The Morgan fingerprint density at radius 3 is 2.52 bits per heavy atom. The maximum absolute atomic E-state index is 13.0. The van der Waals surface area contributed by atoms with E-state index in [1.54, 1.807) is 31.2 Å². The van der Waals surface area contributed by atoms with Crippen molar-refractivity contribution in [2.24, 2.45) is 0 Å². The number of rotatable bonds is 5. The van der Waals surface area contributed by atoms with E-state index in [2.05, 4.69) is 22.8 Å². The summed E-state index contributed by atoms with van der Waals surface area (Å²) in [5.74, 6) is -0.842. The van der Waals surface area contributed by atoms with Crippen molar-refractivity contribution >= 4 is 29.4 Å². The number of aryl methyl sites for hydroxylation is 2. The van der Waals surface area contributed by atoms with Crippen LogP contribution in [0.15, 0.2) is 42.5 Å². The van der Waals surface area contributed by atoms with Crippen molar-refractivity contribution in [1.82, 2.24) is 15.5 Å². The largest absolute Gasteiger partial charge is 0.348 e. The lowest BCUT2D eigenvalue weighted by molar-refractivity contribution is -0.135. The molecule has 1 aliphatic heterocycles. The zero-order chi connectivity index (χ0) is 22.2. The topological polar surface area (TPSA) is 78.5 Å². The lowest BCUT2D eigenvalue weighted by Gasteiger charge is -2.23. The molecule has 2 aromatic carbocycles. The number of halogens is 1. The van der Waals surface area contributed by atoms with Gasteiger partial charge in [0.15, 0.2) is 0 Å². The second-order valence-corrected chi connectivity index (χ2v) is 8.91. The van der Waals surface area contributed by atoms with Gasteiger partial charge in [-0.3, -0.25) is 14.5 Å². The highest BCUT2D eigenvalue weighted by atomic mass is 35.5. The normalized spacial score (nSPS) is 21.5. The van der Waals surface area contributed by atoms with Crippen LogP contribution < -0.4 is 10.6 Å². The van der Waals surface area contributed by atoms with Crippen LogP contribution in [-0.4, -0.2) is 29.3 Å². The monoisotopic (exact) mass is 439 g/mol. The van der Waals surface area contributed by atoms with E-state index < -0.39 is 17.5 Å². The van der Waals surface area contributed by atoms with E-state index in [4.69, 9.17) is 11.6 Å². The fourth-order valence-corrected chi connectivity index (χ4v) is 4.48. The standard InChI is InChI=1S/C24H26ClN3O3/c1-15(17-8-7-16-5-3-4-6-18(16)13-17)26-21(29)14-28-22(30)24(2,27-23(28)31)19-9-11-20(25)12-10-19/h7-13,15H,3-6,14H2,1-2H3,(H,26,29)(H,27,31). The van der Waals surface area contributed by atoms with Crippen LogP contribution in [0.1, 0.15) is 55.0 Å². The number of carbonyl (C=O) groups is 3. The van der Waals surface area contributed by atoms with Gasteiger partial charge in [-0.25, -0.2) is 4.79 Å². The Morgan fingerprint density at radius 1 is 1.13 bits per heavy atom. The molecule has 6 nitrogen and oxygen atoms in total. The summed E-state index contributed by atoms with van der Waals surface area (Å²) in [5.41, 5.74) is 3.14. The number of fused-ring (bicyclic) bond motifs is 1. The van der Waals surface area contributed by atoms with Crippen LogP contribution >= 0.6 is 11.6 Å². The Hall–Kier alpha value is -2.86. The van der Waals surface area contributed by atoms with Gasteiger partial charge in [-0.2, -0.15) is 0 Å². The first-order chi connectivity index (χ1) is 14.8. The zero-order valence-corrected chi connectivity index (χ0v) is 18.5. The molecule has 2 aromatic rings. The predicted octanol–water partition coefficient (Wildman–Crippen LogP) is 3.86. The number of imide groups is 1. The van der Waals surface area contributed by atoms with Crippen LogP contribution in [0.5, 0.6) is 0 Å². The molecule has 0 radical (unpaired) electrons. The average Bonchev–Trinajstić information content (AvgIpc) is 2.97. The van der Waals surface area contributed by atoms with Gasteiger partial charge in [0.25, 0.3) is 5.91 Å². The first-order valence-electron chi connectivity index (χ1n) is 10.6. The number of carbonyl (C=O) groups excluding carboxylic acids is 3. The van der Waals surface area contributed by atoms with E-state index in [1.165, 1.54) is 24.0 Å². The molecule has 0 bridgehead atoms. The summed E-state index contributed by atoms with van der Waals surface area (Å²) < 4.78 is 0. The SMILES string of the molecule is CC(NC(=O)CN1C(=O)NC(C)(c2ccc(Cl)cc2)C1=O)c1ccc2c(c1)CCCC2. The van der Waals surface area contributed by atoms with Gasteiger partial charge in [0.1, 0.15) is 12.1 Å². The first kappa shape index (κ1) is 21.4. The number of hydrogen-bond acceptors (Lipinski definition) is 3. The molecule has 4 amide bonds. The van der Waals surface area contributed by atoms with Crippen LogP contribution in [0.4, 0.5) is 4.79 Å². The Kier molecular flexibility index (Phi) is 5.75. The molecule has 1 aliphatic carbocycles. The van der Waals surface area contributed by atoms with Crippen LogP contribution in [0.2, 0.25) is 5.02 Å². The molecular formula is C24H26ClN3O3. The predicted molar refractivity (Wildman–Crippen MR) is 119 cm³/mol. The van der Waals surface area contributed by atoms with Gasteiger partial charge in [0.05, 0.1) is 6.04 Å². The third-order valence-corrected chi connectivity index (χ3v) is 6.50. The van der Waals surface area contributed by atoms with Crippen LogP contribution in [0, 0.1) is 0 Å². The Morgan fingerprint density at radius 2 is 1.81 bits per heavy atom. The third kappa shape index (κ3) is 4.17. The highest BCUT2D eigenvalue weighted by Crippen LogP contribution is 2.30. The van der Waals surface area contributed by atoms with Crippen LogP contribution in [0.3, 0.4) is 0 Å². The summed E-state index contributed by atoms with van der Waals surface area (Å²) in [6.45, 7) is 3.21. The summed E-state index contributed by atoms with van der Waals surface area (Å²) >= 11 is 5.93. The molecule has 162 valence electrons. The third-order valence-electron chi connectivity index (χ3n) is 6.25. The quantitative estimate of drug-likeness (QED) is 0.694. The van der Waals surface area contributed by atoms with Crippen molar-refractivity contribution in [1.29, 1.82) is 0 Å². The Balaban J connectivity index is 1.43. The zero-order valence-electron chi connectivity index (χ0n) is 17.7. The minimum Gasteiger partial charge on any atom is -0.348 e. The number of hydrogen-bond donors (Lipinski definition) is 2. The van der Waals surface area contributed by atoms with E-state index in [0.29, 0.717) is 10.6 Å². The van der Waals surface area contributed by atoms with E-state index in [0.717, 1.165) is 23.3 Å². The smallest absolute Gasteiger partial charge is 0.325 e. The summed E-state index contributed by atoms with van der Waals surface area (Å²) in [7, 11) is 0. The molecule has 31 heavy (non-hydrogen) atoms. The van der Waals surface area contributed by atoms with Crippen molar-refractivity contribution in [3.63, 3.8) is 0 Å². The fourth-order valence-electron chi connectivity index (χ4n) is 4.36. The van der Waals surface area contributed by atoms with Crippen molar-refractivity contribution < 1.29 is 14.4 Å². The summed E-state index contributed by atoms with van der Waals surface area (Å²) in [6, 6.07) is 12.3. The van der Waals surface area contributed by atoms with Crippen molar-refractivity contribution in [2.45, 2.75) is 51.1 Å². The lowest BCUT2D eigenvalue weighted by atomic mass is 9.89. The minimum absolute atomic E-state index is 0.219. The number of amides is 4. The second-order valence-electron chi connectivity index (χ2n) is 8.48. The maximum Gasteiger partial charge on any atom is 0.325 e. The summed E-state index contributed by atoms with van der Waals surface area (Å²) in [4.78, 5) is 39.1. The van der Waals surface area contributed by atoms with Crippen molar-refractivity contribution in [3.05, 3.63) is 69.7 Å². The molecule has 0 aromatic heterocycles. The average molecular weight is 440 g/mol. The molecule has 1 heterocycles. The van der Waals surface area contributed by atoms with Crippen LogP contribution in [0.25, 0.3) is 0 Å². The van der Waals surface area contributed by atoms with E-state index in [9.17, 15) is 14.4 Å². The molecule has 7 heteroatoms. The van der Waals surface area contributed by atoms with Gasteiger partial charge in [-0.1, -0.05) is 41.9 Å². The Bertz CT molecular complexity index is 1040. The highest BCUT2D eigenvalue weighted by Gasteiger charge is 2.49. The molecule has 2 N–H and O–H groups in total.